The summed E-state index contributed by atoms with van der Waals surface area (Å²) in [6.07, 6.45) is 0. The van der Waals surface area contributed by atoms with E-state index >= 15 is 0 Å². The minimum absolute atomic E-state index is 0.125. The molecule has 3 rings (SSSR count). The third-order valence-corrected chi connectivity index (χ3v) is 3.23. The molecule has 1 aliphatic rings. The number of hydrogen-bond donors (Lipinski definition) is 1. The molecule has 1 heterocycles. The Kier molecular flexibility index (Phi) is 4.14. The maximum Gasteiger partial charge on any atom is 0.338 e. The van der Waals surface area contributed by atoms with Crippen LogP contribution in [0, 0.1) is 0 Å². The van der Waals surface area contributed by atoms with E-state index in [9.17, 15) is 9.59 Å². The summed E-state index contributed by atoms with van der Waals surface area (Å²) in [5, 5.41) is 2.62. The Morgan fingerprint density at radius 3 is 2.78 bits per heavy atom. The molecule has 0 unspecified atom stereocenters. The number of ether oxygens (including phenoxy) is 3. The molecule has 23 heavy (non-hydrogen) atoms. The first-order chi connectivity index (χ1) is 11.1. The average Bonchev–Trinajstić information content (AvgIpc) is 3.00. The van der Waals surface area contributed by atoms with Crippen LogP contribution in [0.2, 0.25) is 0 Å². The number of carbonyl (C=O) groups excluding carboxylic acids is 2. The van der Waals surface area contributed by atoms with Crippen molar-refractivity contribution in [2.45, 2.75) is 13.5 Å². The van der Waals surface area contributed by atoms with Gasteiger partial charge in [-0.05, 0) is 35.9 Å². The maximum atomic E-state index is 12.1. The minimum Gasteiger partial charge on any atom is -0.457 e. The summed E-state index contributed by atoms with van der Waals surface area (Å²) in [6.45, 7) is 1.74. The number of fused-ring (bicyclic) bond motifs is 1. The molecule has 1 aliphatic heterocycles. The van der Waals surface area contributed by atoms with Crippen LogP contribution in [0.25, 0.3) is 0 Å². The highest BCUT2D eigenvalue weighted by Crippen LogP contribution is 2.32. The van der Waals surface area contributed by atoms with Crippen molar-refractivity contribution in [3.63, 3.8) is 0 Å². The van der Waals surface area contributed by atoms with Gasteiger partial charge in [0.25, 0.3) is 0 Å². The van der Waals surface area contributed by atoms with Gasteiger partial charge in [0.15, 0.2) is 11.5 Å². The molecule has 2 aromatic carbocycles. The van der Waals surface area contributed by atoms with E-state index in [1.807, 2.05) is 6.07 Å². The van der Waals surface area contributed by atoms with E-state index in [-0.39, 0.29) is 19.3 Å². The summed E-state index contributed by atoms with van der Waals surface area (Å²) in [4.78, 5) is 23.1. The summed E-state index contributed by atoms with van der Waals surface area (Å²) in [7, 11) is 0. The highest BCUT2D eigenvalue weighted by molar-refractivity contribution is 5.93. The number of esters is 1. The standard InChI is InChI=1S/C17H15NO5/c1-11(19)18-14-4-2-3-13(8-14)17(20)21-9-12-5-6-15-16(7-12)23-10-22-15/h2-8H,9-10H2,1H3,(H,18,19). The Labute approximate surface area is 133 Å². The number of benzene rings is 2. The molecule has 118 valence electrons. The second-order valence-electron chi connectivity index (χ2n) is 5.03. The van der Waals surface area contributed by atoms with Crippen molar-refractivity contribution in [3.05, 3.63) is 53.6 Å². The molecule has 6 nitrogen and oxygen atoms in total. The van der Waals surface area contributed by atoms with Gasteiger partial charge in [0, 0.05) is 12.6 Å². The predicted molar refractivity (Wildman–Crippen MR) is 82.4 cm³/mol. The van der Waals surface area contributed by atoms with Gasteiger partial charge >= 0.3 is 5.97 Å². The van der Waals surface area contributed by atoms with Crippen LogP contribution in [0.5, 0.6) is 11.5 Å². The average molecular weight is 313 g/mol. The van der Waals surface area contributed by atoms with Crippen LogP contribution in [0.4, 0.5) is 5.69 Å². The smallest absolute Gasteiger partial charge is 0.338 e. The lowest BCUT2D eigenvalue weighted by Gasteiger charge is -2.07. The molecule has 0 bridgehead atoms. The van der Waals surface area contributed by atoms with Gasteiger partial charge in [-0.1, -0.05) is 12.1 Å². The van der Waals surface area contributed by atoms with Crippen LogP contribution in [0.1, 0.15) is 22.8 Å². The van der Waals surface area contributed by atoms with E-state index in [1.54, 1.807) is 36.4 Å². The number of anilines is 1. The monoisotopic (exact) mass is 313 g/mol. The first-order valence-electron chi connectivity index (χ1n) is 7.05. The maximum absolute atomic E-state index is 12.1. The molecule has 0 saturated carbocycles. The molecule has 0 saturated heterocycles. The van der Waals surface area contributed by atoms with E-state index in [0.717, 1.165) is 5.56 Å². The van der Waals surface area contributed by atoms with Gasteiger partial charge in [0.05, 0.1) is 5.56 Å². The van der Waals surface area contributed by atoms with Crippen LogP contribution < -0.4 is 14.8 Å². The summed E-state index contributed by atoms with van der Waals surface area (Å²) in [5.41, 5.74) is 1.73. The number of hydrogen-bond acceptors (Lipinski definition) is 5. The number of carbonyl (C=O) groups is 2. The Balaban J connectivity index is 1.64. The second kappa shape index (κ2) is 6.39. The van der Waals surface area contributed by atoms with Crippen LogP contribution >= 0.6 is 0 Å². The highest BCUT2D eigenvalue weighted by atomic mass is 16.7. The fourth-order valence-electron chi connectivity index (χ4n) is 2.19. The zero-order chi connectivity index (χ0) is 16.2. The molecule has 0 atom stereocenters. The van der Waals surface area contributed by atoms with Crippen molar-refractivity contribution in [3.8, 4) is 11.5 Å². The lowest BCUT2D eigenvalue weighted by atomic mass is 10.2. The first-order valence-corrected chi connectivity index (χ1v) is 7.05. The van der Waals surface area contributed by atoms with Crippen molar-refractivity contribution < 1.29 is 23.8 Å². The Hall–Kier alpha value is -3.02. The molecule has 0 aromatic heterocycles. The van der Waals surface area contributed by atoms with Gasteiger partial charge in [-0.2, -0.15) is 0 Å². The normalized spacial score (nSPS) is 11.9. The van der Waals surface area contributed by atoms with Crippen molar-refractivity contribution in [1.82, 2.24) is 0 Å². The third kappa shape index (κ3) is 3.60. The Bertz CT molecular complexity index is 756. The predicted octanol–water partition coefficient (Wildman–Crippen LogP) is 2.73. The van der Waals surface area contributed by atoms with E-state index < -0.39 is 5.97 Å². The topological polar surface area (TPSA) is 73.9 Å². The van der Waals surface area contributed by atoms with Crippen molar-refractivity contribution in [1.29, 1.82) is 0 Å². The second-order valence-corrected chi connectivity index (χ2v) is 5.03. The molecule has 2 aromatic rings. The van der Waals surface area contributed by atoms with Crippen LogP contribution in [-0.4, -0.2) is 18.7 Å². The van der Waals surface area contributed by atoms with Crippen LogP contribution in [0.3, 0.4) is 0 Å². The summed E-state index contributed by atoms with van der Waals surface area (Å²) < 4.78 is 15.8. The molecule has 0 radical (unpaired) electrons. The van der Waals surface area contributed by atoms with Gasteiger partial charge < -0.3 is 19.5 Å². The third-order valence-electron chi connectivity index (χ3n) is 3.23. The minimum atomic E-state index is -0.463. The van der Waals surface area contributed by atoms with Crippen LogP contribution in [0.15, 0.2) is 42.5 Å². The molecule has 1 amide bonds. The van der Waals surface area contributed by atoms with Crippen molar-refractivity contribution >= 4 is 17.6 Å². The summed E-state index contributed by atoms with van der Waals surface area (Å²) in [5.74, 6) is 0.667. The zero-order valence-electron chi connectivity index (χ0n) is 12.5. The SMILES string of the molecule is CC(=O)Nc1cccc(C(=O)OCc2ccc3c(c2)OCO3)c1. The summed E-state index contributed by atoms with van der Waals surface area (Å²) in [6, 6.07) is 12.0. The molecule has 6 heteroatoms. The fourth-order valence-corrected chi connectivity index (χ4v) is 2.19. The van der Waals surface area contributed by atoms with E-state index in [4.69, 9.17) is 14.2 Å². The molecule has 0 spiro atoms. The molecular weight excluding hydrogens is 298 g/mol. The number of nitrogens with one attached hydrogen (secondary N) is 1. The van der Waals surface area contributed by atoms with E-state index in [1.165, 1.54) is 6.92 Å². The van der Waals surface area contributed by atoms with Crippen molar-refractivity contribution in [2.24, 2.45) is 0 Å². The highest BCUT2D eigenvalue weighted by Gasteiger charge is 2.14. The Morgan fingerprint density at radius 1 is 1.13 bits per heavy atom. The molecule has 1 N–H and O–H groups in total. The van der Waals surface area contributed by atoms with E-state index in [2.05, 4.69) is 5.32 Å². The van der Waals surface area contributed by atoms with E-state index in [0.29, 0.717) is 22.7 Å². The molecule has 0 aliphatic carbocycles. The van der Waals surface area contributed by atoms with Gasteiger partial charge in [-0.25, -0.2) is 4.79 Å². The van der Waals surface area contributed by atoms with Gasteiger partial charge in [0.2, 0.25) is 12.7 Å². The summed E-state index contributed by atoms with van der Waals surface area (Å²) >= 11 is 0. The number of amides is 1. The zero-order valence-corrected chi connectivity index (χ0v) is 12.5. The largest absolute Gasteiger partial charge is 0.457 e. The number of rotatable bonds is 4. The van der Waals surface area contributed by atoms with Gasteiger partial charge in [-0.3, -0.25) is 4.79 Å². The lowest BCUT2D eigenvalue weighted by molar-refractivity contribution is -0.114. The quantitative estimate of drug-likeness (QED) is 0.879. The fraction of sp³-hybridized carbons (Fsp3) is 0.176. The molecule has 0 fully saturated rings. The van der Waals surface area contributed by atoms with Gasteiger partial charge in [-0.15, -0.1) is 0 Å². The Morgan fingerprint density at radius 2 is 1.96 bits per heavy atom. The molecular formula is C17H15NO5. The first kappa shape index (κ1) is 14.9. The lowest BCUT2D eigenvalue weighted by Crippen LogP contribution is -2.08. The van der Waals surface area contributed by atoms with Gasteiger partial charge in [0.1, 0.15) is 6.61 Å². The van der Waals surface area contributed by atoms with Crippen LogP contribution in [-0.2, 0) is 16.1 Å². The van der Waals surface area contributed by atoms with Crippen molar-refractivity contribution in [2.75, 3.05) is 12.1 Å².